The van der Waals surface area contributed by atoms with Crippen molar-refractivity contribution in [1.82, 2.24) is 9.97 Å². The molecule has 0 aliphatic rings. The Morgan fingerprint density at radius 3 is 2.57 bits per heavy atom. The molecule has 1 N–H and O–H groups in total. The van der Waals surface area contributed by atoms with Crippen LogP contribution in [0.2, 0.25) is 5.02 Å². The first kappa shape index (κ1) is 13.9. The summed E-state index contributed by atoms with van der Waals surface area (Å²) >= 11 is 6.07. The fourth-order valence-electron chi connectivity index (χ4n) is 2.14. The van der Waals surface area contributed by atoms with Crippen LogP contribution in [-0.2, 0) is 12.6 Å². The summed E-state index contributed by atoms with van der Waals surface area (Å²) in [5.74, 6) is 0.581. The highest BCUT2D eigenvalue weighted by atomic mass is 35.5. The number of hydrogen-bond donors (Lipinski definition) is 1. The fourth-order valence-corrected chi connectivity index (χ4v) is 2.35. The van der Waals surface area contributed by atoms with E-state index in [0.29, 0.717) is 28.3 Å². The molecule has 0 amide bonds. The van der Waals surface area contributed by atoms with Crippen LogP contribution < -0.4 is 0 Å². The summed E-state index contributed by atoms with van der Waals surface area (Å²) in [6.07, 6.45) is -3.92. The van der Waals surface area contributed by atoms with E-state index in [1.807, 2.05) is 18.2 Å². The second-order valence-electron chi connectivity index (χ2n) is 4.68. The molecule has 3 aromatic rings. The van der Waals surface area contributed by atoms with Crippen LogP contribution in [0.3, 0.4) is 0 Å². The van der Waals surface area contributed by atoms with Crippen LogP contribution in [0, 0.1) is 0 Å². The van der Waals surface area contributed by atoms with E-state index in [1.165, 1.54) is 6.07 Å². The standard InChI is InChI=1S/C15H10ClF3N2/c16-11-4-2-1-3-9(11)7-14-20-12-6-5-10(15(17,18)19)8-13(12)21-14/h1-6,8H,7H2,(H,20,21). The van der Waals surface area contributed by atoms with Gasteiger partial charge in [0.15, 0.2) is 0 Å². The predicted molar refractivity (Wildman–Crippen MR) is 75.4 cm³/mol. The Kier molecular flexibility index (Phi) is 3.37. The Morgan fingerprint density at radius 2 is 1.86 bits per heavy atom. The van der Waals surface area contributed by atoms with E-state index >= 15 is 0 Å². The molecule has 6 heteroatoms. The number of fused-ring (bicyclic) bond motifs is 1. The molecular weight excluding hydrogens is 301 g/mol. The summed E-state index contributed by atoms with van der Waals surface area (Å²) in [5, 5.41) is 0.605. The number of benzene rings is 2. The highest BCUT2D eigenvalue weighted by Gasteiger charge is 2.30. The van der Waals surface area contributed by atoms with E-state index < -0.39 is 11.7 Å². The van der Waals surface area contributed by atoms with E-state index in [1.54, 1.807) is 6.07 Å². The van der Waals surface area contributed by atoms with Gasteiger partial charge in [0.2, 0.25) is 0 Å². The van der Waals surface area contributed by atoms with Crippen LogP contribution in [-0.4, -0.2) is 9.97 Å². The topological polar surface area (TPSA) is 28.7 Å². The van der Waals surface area contributed by atoms with Crippen molar-refractivity contribution in [1.29, 1.82) is 0 Å². The van der Waals surface area contributed by atoms with Gasteiger partial charge in [-0.05, 0) is 29.8 Å². The van der Waals surface area contributed by atoms with Gasteiger partial charge in [-0.3, -0.25) is 0 Å². The van der Waals surface area contributed by atoms with Crippen molar-refractivity contribution in [2.45, 2.75) is 12.6 Å². The molecule has 21 heavy (non-hydrogen) atoms. The van der Waals surface area contributed by atoms with Gasteiger partial charge < -0.3 is 4.98 Å². The molecule has 0 aliphatic carbocycles. The van der Waals surface area contributed by atoms with Gasteiger partial charge in [0.25, 0.3) is 0 Å². The zero-order chi connectivity index (χ0) is 15.0. The summed E-state index contributed by atoms with van der Waals surface area (Å²) in [6, 6.07) is 10.8. The first-order chi connectivity index (χ1) is 9.93. The van der Waals surface area contributed by atoms with Gasteiger partial charge in [0.1, 0.15) is 5.82 Å². The molecule has 0 saturated carbocycles. The van der Waals surface area contributed by atoms with E-state index in [9.17, 15) is 13.2 Å². The minimum atomic E-state index is -4.36. The molecule has 1 heterocycles. The van der Waals surface area contributed by atoms with E-state index in [2.05, 4.69) is 9.97 Å². The third-order valence-corrected chi connectivity index (χ3v) is 3.54. The van der Waals surface area contributed by atoms with E-state index in [-0.39, 0.29) is 0 Å². The summed E-state index contributed by atoms with van der Waals surface area (Å²) < 4.78 is 38.0. The van der Waals surface area contributed by atoms with Gasteiger partial charge in [-0.15, -0.1) is 0 Å². The van der Waals surface area contributed by atoms with Crippen molar-refractivity contribution in [3.8, 4) is 0 Å². The number of nitrogens with one attached hydrogen (secondary N) is 1. The first-order valence-electron chi connectivity index (χ1n) is 6.23. The molecule has 1 aromatic heterocycles. The Balaban J connectivity index is 1.96. The van der Waals surface area contributed by atoms with Crippen molar-refractivity contribution in [3.05, 3.63) is 64.4 Å². The lowest BCUT2D eigenvalue weighted by Crippen LogP contribution is -2.04. The smallest absolute Gasteiger partial charge is 0.342 e. The lowest BCUT2D eigenvalue weighted by molar-refractivity contribution is -0.137. The maximum absolute atomic E-state index is 12.7. The molecule has 0 unspecified atom stereocenters. The summed E-state index contributed by atoms with van der Waals surface area (Å²) in [5.41, 5.74) is 1.05. The number of nitrogens with zero attached hydrogens (tertiary/aromatic N) is 1. The molecule has 0 spiro atoms. The number of alkyl halides is 3. The maximum atomic E-state index is 12.7. The lowest BCUT2D eigenvalue weighted by Gasteiger charge is -2.05. The van der Waals surface area contributed by atoms with Gasteiger partial charge in [-0.2, -0.15) is 13.2 Å². The normalized spacial score (nSPS) is 12.0. The van der Waals surface area contributed by atoms with Crippen LogP contribution >= 0.6 is 11.6 Å². The van der Waals surface area contributed by atoms with Crippen LogP contribution in [0.1, 0.15) is 17.0 Å². The molecule has 0 fully saturated rings. The third kappa shape index (κ3) is 2.88. The highest BCUT2D eigenvalue weighted by Crippen LogP contribution is 2.31. The fraction of sp³-hybridized carbons (Fsp3) is 0.133. The molecular formula is C15H10ClF3N2. The number of H-pyrrole nitrogens is 1. The Bertz CT molecular complexity index is 793. The lowest BCUT2D eigenvalue weighted by atomic mass is 10.1. The van der Waals surface area contributed by atoms with Gasteiger partial charge in [-0.25, -0.2) is 4.98 Å². The van der Waals surface area contributed by atoms with Crippen molar-refractivity contribution in [2.24, 2.45) is 0 Å². The maximum Gasteiger partial charge on any atom is 0.416 e. The molecule has 0 bridgehead atoms. The SMILES string of the molecule is FC(F)(F)c1ccc2nc(Cc3ccccc3Cl)[nH]c2c1. The molecule has 0 saturated heterocycles. The third-order valence-electron chi connectivity index (χ3n) is 3.17. The zero-order valence-corrected chi connectivity index (χ0v) is 11.5. The minimum absolute atomic E-state index is 0.367. The van der Waals surface area contributed by atoms with Gasteiger partial charge in [-0.1, -0.05) is 29.8 Å². The number of rotatable bonds is 2. The highest BCUT2D eigenvalue weighted by molar-refractivity contribution is 6.31. The average Bonchev–Trinajstić information content (AvgIpc) is 2.81. The molecule has 2 nitrogen and oxygen atoms in total. The number of aromatic amines is 1. The van der Waals surface area contributed by atoms with Crippen molar-refractivity contribution < 1.29 is 13.2 Å². The minimum Gasteiger partial charge on any atom is -0.342 e. The average molecular weight is 311 g/mol. The number of aromatic nitrogens is 2. The quantitative estimate of drug-likeness (QED) is 0.722. The monoisotopic (exact) mass is 310 g/mol. The van der Waals surface area contributed by atoms with E-state index in [4.69, 9.17) is 11.6 Å². The van der Waals surface area contributed by atoms with E-state index in [0.717, 1.165) is 17.7 Å². The number of hydrogen-bond acceptors (Lipinski definition) is 1. The molecule has 0 radical (unpaired) electrons. The zero-order valence-electron chi connectivity index (χ0n) is 10.7. The summed E-state index contributed by atoms with van der Waals surface area (Å²) in [7, 11) is 0. The van der Waals surface area contributed by atoms with Gasteiger partial charge >= 0.3 is 6.18 Å². The Hall–Kier alpha value is -2.01. The molecule has 0 atom stereocenters. The second-order valence-corrected chi connectivity index (χ2v) is 5.09. The summed E-state index contributed by atoms with van der Waals surface area (Å²) in [6.45, 7) is 0. The van der Waals surface area contributed by atoms with Crippen LogP contribution in [0.4, 0.5) is 13.2 Å². The molecule has 0 aliphatic heterocycles. The van der Waals surface area contributed by atoms with Gasteiger partial charge in [0, 0.05) is 11.4 Å². The number of halogens is 4. The predicted octanol–water partition coefficient (Wildman–Crippen LogP) is 4.83. The molecule has 3 rings (SSSR count). The first-order valence-corrected chi connectivity index (χ1v) is 6.60. The van der Waals surface area contributed by atoms with Crippen molar-refractivity contribution in [3.63, 3.8) is 0 Å². The van der Waals surface area contributed by atoms with Gasteiger partial charge in [0.05, 0.1) is 16.6 Å². The van der Waals surface area contributed by atoms with Crippen molar-refractivity contribution in [2.75, 3.05) is 0 Å². The van der Waals surface area contributed by atoms with Crippen LogP contribution in [0.25, 0.3) is 11.0 Å². The Morgan fingerprint density at radius 1 is 1.10 bits per heavy atom. The molecule has 108 valence electrons. The van der Waals surface area contributed by atoms with Crippen LogP contribution in [0.15, 0.2) is 42.5 Å². The largest absolute Gasteiger partial charge is 0.416 e. The number of imidazole rings is 1. The Labute approximate surface area is 123 Å². The van der Waals surface area contributed by atoms with Crippen molar-refractivity contribution >= 4 is 22.6 Å². The molecule has 2 aromatic carbocycles. The summed E-state index contributed by atoms with van der Waals surface area (Å²) in [4.78, 5) is 7.20. The van der Waals surface area contributed by atoms with Crippen LogP contribution in [0.5, 0.6) is 0 Å². The second kappa shape index (κ2) is 5.07.